The molecule has 2 saturated heterocycles. The van der Waals surface area contributed by atoms with Crippen LogP contribution in [0.25, 0.3) is 0 Å². The molecule has 2 aliphatic heterocycles. The van der Waals surface area contributed by atoms with Crippen LogP contribution in [0.3, 0.4) is 0 Å². The van der Waals surface area contributed by atoms with Crippen LogP contribution in [0, 0.1) is 6.92 Å². The quantitative estimate of drug-likeness (QED) is 0.637. The van der Waals surface area contributed by atoms with Crippen molar-refractivity contribution in [1.82, 2.24) is 9.80 Å². The Bertz CT molecular complexity index is 977. The number of thioether (sulfide) groups is 1. The summed E-state index contributed by atoms with van der Waals surface area (Å²) in [5.41, 5.74) is 2.27. The van der Waals surface area contributed by atoms with Gasteiger partial charge in [-0.1, -0.05) is 35.3 Å². The Labute approximate surface area is 190 Å². The Morgan fingerprint density at radius 2 is 1.83 bits per heavy atom. The third-order valence-corrected chi connectivity index (χ3v) is 7.94. The maximum absolute atomic E-state index is 13.1. The monoisotopic (exact) mass is 463 g/mol. The van der Waals surface area contributed by atoms with Crippen LogP contribution in [0.5, 0.6) is 0 Å². The van der Waals surface area contributed by atoms with Gasteiger partial charge in [-0.3, -0.25) is 4.79 Å². The lowest BCUT2D eigenvalue weighted by molar-refractivity contribution is 0.0585. The van der Waals surface area contributed by atoms with E-state index in [0.717, 1.165) is 24.2 Å². The Kier molecular flexibility index (Phi) is 6.19. The molecule has 0 aromatic heterocycles. The van der Waals surface area contributed by atoms with Crippen LogP contribution in [0.4, 0.5) is 10.5 Å². The van der Waals surface area contributed by atoms with Gasteiger partial charge < -0.3 is 15.1 Å². The zero-order valence-corrected chi connectivity index (χ0v) is 19.0. The van der Waals surface area contributed by atoms with E-state index >= 15 is 0 Å². The molecule has 3 amide bonds. The van der Waals surface area contributed by atoms with Gasteiger partial charge in [-0.2, -0.15) is 0 Å². The van der Waals surface area contributed by atoms with Crippen LogP contribution in [0.15, 0.2) is 42.5 Å². The highest BCUT2D eigenvalue weighted by Crippen LogP contribution is 2.44. The summed E-state index contributed by atoms with van der Waals surface area (Å²) in [5.74, 6) is 0.912. The molecule has 8 heteroatoms. The minimum Gasteiger partial charge on any atom is -0.324 e. The van der Waals surface area contributed by atoms with Gasteiger partial charge >= 0.3 is 6.03 Å². The third kappa shape index (κ3) is 4.27. The van der Waals surface area contributed by atoms with Crippen molar-refractivity contribution >= 4 is 52.6 Å². The SMILES string of the molecule is Cc1ccc(NC(=O)N2CCC3(CC2)SCCN3C(=O)c2cccc(Cl)c2)cc1Cl. The first-order valence-electron chi connectivity index (χ1n) is 9.92. The number of hydrogen-bond donors (Lipinski definition) is 1. The fourth-order valence-electron chi connectivity index (χ4n) is 4.02. The molecule has 0 radical (unpaired) electrons. The average molecular weight is 464 g/mol. The highest BCUT2D eigenvalue weighted by atomic mass is 35.5. The fraction of sp³-hybridized carbons (Fsp3) is 0.364. The van der Waals surface area contributed by atoms with Crippen LogP contribution in [0.1, 0.15) is 28.8 Å². The van der Waals surface area contributed by atoms with Crippen molar-refractivity contribution in [2.75, 3.05) is 30.7 Å². The van der Waals surface area contributed by atoms with E-state index in [0.29, 0.717) is 40.9 Å². The summed E-state index contributed by atoms with van der Waals surface area (Å²) in [5, 5.41) is 4.11. The lowest BCUT2D eigenvalue weighted by Crippen LogP contribution is -2.54. The molecule has 1 spiro atoms. The van der Waals surface area contributed by atoms with Gasteiger partial charge in [-0.05, 0) is 55.7 Å². The van der Waals surface area contributed by atoms with Crippen molar-refractivity contribution in [1.29, 1.82) is 0 Å². The molecule has 30 heavy (non-hydrogen) atoms. The van der Waals surface area contributed by atoms with Crippen LogP contribution < -0.4 is 5.32 Å². The van der Waals surface area contributed by atoms with Crippen LogP contribution in [-0.4, -0.2) is 52.0 Å². The summed E-state index contributed by atoms with van der Waals surface area (Å²) in [6.45, 7) is 3.83. The van der Waals surface area contributed by atoms with E-state index < -0.39 is 0 Å². The summed E-state index contributed by atoms with van der Waals surface area (Å²) in [6.07, 6.45) is 1.48. The van der Waals surface area contributed by atoms with Gasteiger partial charge in [-0.15, -0.1) is 11.8 Å². The first kappa shape index (κ1) is 21.3. The van der Waals surface area contributed by atoms with E-state index in [4.69, 9.17) is 23.2 Å². The zero-order chi connectivity index (χ0) is 21.3. The Morgan fingerprint density at radius 3 is 2.53 bits per heavy atom. The molecule has 0 atom stereocenters. The average Bonchev–Trinajstić information content (AvgIpc) is 3.13. The molecule has 2 fully saturated rings. The number of nitrogens with zero attached hydrogens (tertiary/aromatic N) is 2. The van der Waals surface area contributed by atoms with Crippen molar-refractivity contribution in [3.05, 3.63) is 63.6 Å². The number of rotatable bonds is 2. The standard InChI is InChI=1S/C22H23Cl2N3O2S/c1-15-5-6-18(14-19(15)24)25-21(29)26-9-7-22(8-10-26)27(11-12-30-22)20(28)16-3-2-4-17(23)13-16/h2-6,13-14H,7-12H2,1H3,(H,25,29). The van der Waals surface area contributed by atoms with Crippen LogP contribution in [-0.2, 0) is 0 Å². The Hall–Kier alpha value is -1.89. The molecule has 0 unspecified atom stereocenters. The molecular weight excluding hydrogens is 441 g/mol. The number of hydrogen-bond acceptors (Lipinski definition) is 3. The number of halogens is 2. The number of anilines is 1. The number of nitrogens with one attached hydrogen (secondary N) is 1. The molecule has 2 aromatic carbocycles. The number of aryl methyl sites for hydroxylation is 1. The van der Waals surface area contributed by atoms with Gasteiger partial charge in [0, 0.05) is 46.7 Å². The minimum atomic E-state index is -0.261. The Balaban J connectivity index is 1.41. The fourth-order valence-corrected chi connectivity index (χ4v) is 5.85. The van der Waals surface area contributed by atoms with E-state index in [2.05, 4.69) is 5.32 Å². The molecule has 5 nitrogen and oxygen atoms in total. The number of urea groups is 1. The smallest absolute Gasteiger partial charge is 0.321 e. The molecule has 2 aliphatic rings. The topological polar surface area (TPSA) is 52.7 Å². The summed E-state index contributed by atoms with van der Waals surface area (Å²) in [7, 11) is 0. The molecule has 4 rings (SSSR count). The number of benzene rings is 2. The van der Waals surface area contributed by atoms with Gasteiger partial charge in [0.15, 0.2) is 0 Å². The number of piperidine rings is 1. The van der Waals surface area contributed by atoms with E-state index in [1.54, 1.807) is 35.2 Å². The highest BCUT2D eigenvalue weighted by molar-refractivity contribution is 8.00. The molecule has 0 aliphatic carbocycles. The summed E-state index contributed by atoms with van der Waals surface area (Å²) in [4.78, 5) is 29.4. The molecule has 0 saturated carbocycles. The second-order valence-corrected chi connectivity index (χ2v) is 9.94. The molecule has 158 valence electrons. The second kappa shape index (κ2) is 8.69. The highest BCUT2D eigenvalue weighted by Gasteiger charge is 2.47. The first-order valence-corrected chi connectivity index (χ1v) is 11.7. The molecular formula is C22H23Cl2N3O2S. The summed E-state index contributed by atoms with van der Waals surface area (Å²) in [6, 6.07) is 12.5. The molecule has 1 N–H and O–H groups in total. The summed E-state index contributed by atoms with van der Waals surface area (Å²) < 4.78 is 0. The number of carbonyl (C=O) groups excluding carboxylic acids is 2. The largest absolute Gasteiger partial charge is 0.324 e. The van der Waals surface area contributed by atoms with Gasteiger partial charge in [0.25, 0.3) is 5.91 Å². The number of amides is 3. The normalized spacial score (nSPS) is 18.0. The predicted octanol–water partition coefficient (Wildman–Crippen LogP) is 5.52. The lowest BCUT2D eigenvalue weighted by atomic mass is 10.0. The minimum absolute atomic E-state index is 0.00898. The predicted molar refractivity (Wildman–Crippen MR) is 124 cm³/mol. The van der Waals surface area contributed by atoms with Gasteiger partial charge in [0.1, 0.15) is 0 Å². The van der Waals surface area contributed by atoms with Gasteiger partial charge in [0.05, 0.1) is 4.87 Å². The van der Waals surface area contributed by atoms with E-state index in [9.17, 15) is 9.59 Å². The molecule has 2 aromatic rings. The number of carbonyl (C=O) groups is 2. The first-order chi connectivity index (χ1) is 14.4. The van der Waals surface area contributed by atoms with Crippen LogP contribution >= 0.6 is 35.0 Å². The maximum atomic E-state index is 13.1. The Morgan fingerprint density at radius 1 is 1.07 bits per heavy atom. The third-order valence-electron chi connectivity index (χ3n) is 5.75. The van der Waals surface area contributed by atoms with Gasteiger partial charge in [-0.25, -0.2) is 4.79 Å². The van der Waals surface area contributed by atoms with Crippen LogP contribution in [0.2, 0.25) is 10.0 Å². The lowest BCUT2D eigenvalue weighted by Gasteiger charge is -2.44. The molecule has 2 heterocycles. The molecule has 0 bridgehead atoms. The second-order valence-electron chi connectivity index (χ2n) is 7.64. The van der Waals surface area contributed by atoms with E-state index in [1.807, 2.05) is 35.7 Å². The maximum Gasteiger partial charge on any atom is 0.321 e. The van der Waals surface area contributed by atoms with Crippen molar-refractivity contribution in [3.63, 3.8) is 0 Å². The van der Waals surface area contributed by atoms with E-state index in [-0.39, 0.29) is 16.8 Å². The van der Waals surface area contributed by atoms with Gasteiger partial charge in [0.2, 0.25) is 0 Å². The van der Waals surface area contributed by atoms with E-state index in [1.165, 1.54) is 0 Å². The van der Waals surface area contributed by atoms with Crippen molar-refractivity contribution < 1.29 is 9.59 Å². The zero-order valence-electron chi connectivity index (χ0n) is 16.7. The number of likely N-dealkylation sites (tertiary alicyclic amines) is 1. The van der Waals surface area contributed by atoms with Crippen molar-refractivity contribution in [2.45, 2.75) is 24.6 Å². The van der Waals surface area contributed by atoms with Crippen molar-refractivity contribution in [3.8, 4) is 0 Å². The van der Waals surface area contributed by atoms with Crippen molar-refractivity contribution in [2.24, 2.45) is 0 Å². The summed E-state index contributed by atoms with van der Waals surface area (Å²) >= 11 is 14.1.